The van der Waals surface area contributed by atoms with E-state index in [0.717, 1.165) is 19.6 Å². The van der Waals surface area contributed by atoms with E-state index >= 15 is 0 Å². The van der Waals surface area contributed by atoms with Gasteiger partial charge in [-0.1, -0.05) is 0 Å². The van der Waals surface area contributed by atoms with Crippen molar-refractivity contribution in [2.24, 2.45) is 0 Å². The van der Waals surface area contributed by atoms with Gasteiger partial charge in [0.1, 0.15) is 0 Å². The minimum absolute atomic E-state index is 0.232. The van der Waals surface area contributed by atoms with E-state index in [1.54, 1.807) is 0 Å². The van der Waals surface area contributed by atoms with Crippen molar-refractivity contribution in [1.82, 2.24) is 10.1 Å². The van der Waals surface area contributed by atoms with Gasteiger partial charge in [0.05, 0.1) is 0 Å². The molecule has 0 radical (unpaired) electrons. The first-order valence-corrected chi connectivity index (χ1v) is 11.8. The van der Waals surface area contributed by atoms with Gasteiger partial charge in [-0.15, -0.1) is 0 Å². The second-order valence-electron chi connectivity index (χ2n) is 6.54. The van der Waals surface area contributed by atoms with Gasteiger partial charge >= 0.3 is 143 Å². The molecular weight excluding hydrogens is 306 g/mol. The third-order valence-corrected chi connectivity index (χ3v) is 14.8. The van der Waals surface area contributed by atoms with E-state index in [1.807, 2.05) is 0 Å². The Kier molecular flexibility index (Phi) is 8.04. The molecular formula is C18H37N3Ti. The molecule has 0 bridgehead atoms. The van der Waals surface area contributed by atoms with Crippen molar-refractivity contribution in [2.75, 3.05) is 40.8 Å². The minimum atomic E-state index is -2.70. The van der Waals surface area contributed by atoms with Crippen LogP contribution in [-0.2, 0) is 17.4 Å². The maximum atomic E-state index is 2.71. The molecule has 3 nitrogen and oxygen atoms in total. The third kappa shape index (κ3) is 3.30. The molecule has 1 aliphatic rings. The van der Waals surface area contributed by atoms with Crippen LogP contribution in [0.4, 0.5) is 0 Å². The SMILES string of the molecule is CCCC[C]1([Ti]([N](C)CC)([N](C)CC)[N](C)CC)C=CC=C1. The van der Waals surface area contributed by atoms with E-state index in [1.165, 1.54) is 19.3 Å². The monoisotopic (exact) mass is 343 g/mol. The van der Waals surface area contributed by atoms with Crippen LogP contribution in [0.1, 0.15) is 47.0 Å². The predicted molar refractivity (Wildman–Crippen MR) is 95.4 cm³/mol. The van der Waals surface area contributed by atoms with Crippen molar-refractivity contribution in [3.8, 4) is 0 Å². The number of hydrogen-bond acceptors (Lipinski definition) is 3. The van der Waals surface area contributed by atoms with Crippen molar-refractivity contribution >= 4 is 0 Å². The second-order valence-corrected chi connectivity index (χ2v) is 13.6. The summed E-state index contributed by atoms with van der Waals surface area (Å²) >= 11 is -2.70. The van der Waals surface area contributed by atoms with E-state index in [2.05, 4.69) is 83.3 Å². The normalized spacial score (nSPS) is 17.4. The molecule has 0 N–H and O–H groups in total. The topological polar surface area (TPSA) is 9.72 Å². The van der Waals surface area contributed by atoms with Crippen LogP contribution in [0.15, 0.2) is 24.3 Å². The average Bonchev–Trinajstić information content (AvgIpc) is 3.02. The Hall–Kier alpha value is 0.0743. The van der Waals surface area contributed by atoms with Crippen LogP contribution in [0.3, 0.4) is 0 Å². The summed E-state index contributed by atoms with van der Waals surface area (Å²) in [5.41, 5.74) is 0. The van der Waals surface area contributed by atoms with Gasteiger partial charge in [-0.05, 0) is 0 Å². The fourth-order valence-corrected chi connectivity index (χ4v) is 14.1. The molecule has 1 aliphatic carbocycles. The summed E-state index contributed by atoms with van der Waals surface area (Å²) in [6.07, 6.45) is 13.5. The van der Waals surface area contributed by atoms with Crippen molar-refractivity contribution in [3.05, 3.63) is 24.3 Å². The Labute approximate surface area is 143 Å². The van der Waals surface area contributed by atoms with Gasteiger partial charge < -0.3 is 0 Å². The molecule has 0 aromatic carbocycles. The Morgan fingerprint density at radius 2 is 1.18 bits per heavy atom. The van der Waals surface area contributed by atoms with Crippen molar-refractivity contribution in [3.63, 3.8) is 0 Å². The summed E-state index contributed by atoms with van der Waals surface area (Å²) in [6.45, 7) is 12.6. The molecule has 1 rings (SSSR count). The van der Waals surface area contributed by atoms with Gasteiger partial charge in [0.2, 0.25) is 0 Å². The average molecular weight is 343 g/mol. The zero-order valence-corrected chi connectivity index (χ0v) is 17.5. The molecule has 0 fully saturated rings. The molecule has 0 unspecified atom stereocenters. The zero-order chi connectivity index (χ0) is 16.8. The van der Waals surface area contributed by atoms with Gasteiger partial charge in [-0.3, -0.25) is 0 Å². The molecule has 0 atom stereocenters. The number of hydrogen-bond donors (Lipinski definition) is 0. The standard InChI is InChI=1S/C9H13.3C3H8N.Ti/c1-2-3-6-9-7-4-5-8-9;3*1-3-4-2;/h4-5,7-8H,2-3,6H2,1H3;3*3H2,1-2H3;/q;3*-1;+3. The summed E-state index contributed by atoms with van der Waals surface area (Å²) in [7, 11) is 7.06. The second kappa shape index (κ2) is 8.79. The quantitative estimate of drug-likeness (QED) is 0.550. The van der Waals surface area contributed by atoms with Gasteiger partial charge in [-0.2, -0.15) is 0 Å². The van der Waals surface area contributed by atoms with Crippen LogP contribution in [0.5, 0.6) is 0 Å². The van der Waals surface area contributed by atoms with Gasteiger partial charge in [-0.25, -0.2) is 0 Å². The van der Waals surface area contributed by atoms with Crippen molar-refractivity contribution in [2.45, 2.75) is 50.7 Å². The Morgan fingerprint density at radius 3 is 1.50 bits per heavy atom. The molecule has 0 aliphatic heterocycles. The fourth-order valence-electron chi connectivity index (χ4n) is 4.14. The Bertz CT molecular complexity index is 353. The van der Waals surface area contributed by atoms with Crippen LogP contribution in [0.25, 0.3) is 0 Å². The zero-order valence-electron chi connectivity index (χ0n) is 15.9. The predicted octanol–water partition coefficient (Wildman–Crippen LogP) is 4.22. The molecule has 0 heterocycles. The molecule has 22 heavy (non-hydrogen) atoms. The summed E-state index contributed by atoms with van der Waals surface area (Å²) in [6, 6.07) is 0. The van der Waals surface area contributed by atoms with Crippen LogP contribution in [0, 0.1) is 0 Å². The third-order valence-electron chi connectivity index (χ3n) is 5.49. The van der Waals surface area contributed by atoms with Crippen LogP contribution < -0.4 is 0 Å². The van der Waals surface area contributed by atoms with Gasteiger partial charge in [0.25, 0.3) is 0 Å². The first-order chi connectivity index (χ1) is 10.5. The fraction of sp³-hybridized carbons (Fsp3) is 0.778. The van der Waals surface area contributed by atoms with Crippen LogP contribution in [0.2, 0.25) is 3.72 Å². The summed E-state index contributed by atoms with van der Waals surface area (Å²) in [4.78, 5) is 0. The summed E-state index contributed by atoms with van der Waals surface area (Å²) in [5.74, 6) is 0. The van der Waals surface area contributed by atoms with Crippen molar-refractivity contribution < 1.29 is 17.4 Å². The molecule has 0 spiro atoms. The summed E-state index contributed by atoms with van der Waals surface area (Å²) < 4.78 is 8.37. The molecule has 128 valence electrons. The van der Waals surface area contributed by atoms with Crippen LogP contribution in [-0.4, -0.2) is 50.9 Å². The maximum absolute atomic E-state index is 2.71. The molecule has 0 saturated heterocycles. The molecule has 4 heteroatoms. The van der Waals surface area contributed by atoms with E-state index in [0.29, 0.717) is 0 Å². The van der Waals surface area contributed by atoms with Gasteiger partial charge in [0, 0.05) is 0 Å². The first-order valence-electron chi connectivity index (χ1n) is 8.97. The number of nitrogens with zero attached hydrogens (tertiary/aromatic N) is 3. The molecule has 0 amide bonds. The first kappa shape index (κ1) is 20.1. The Morgan fingerprint density at radius 1 is 0.773 bits per heavy atom. The molecule has 0 aromatic heterocycles. The van der Waals surface area contributed by atoms with Crippen LogP contribution >= 0.6 is 0 Å². The number of rotatable bonds is 10. The summed E-state index contributed by atoms with van der Waals surface area (Å²) in [5, 5.41) is 0. The Balaban J connectivity index is 3.50. The molecule has 0 aromatic rings. The van der Waals surface area contributed by atoms with E-state index in [-0.39, 0.29) is 3.72 Å². The number of allylic oxidation sites excluding steroid dienone is 4. The van der Waals surface area contributed by atoms with E-state index in [4.69, 9.17) is 0 Å². The van der Waals surface area contributed by atoms with Crippen molar-refractivity contribution in [1.29, 1.82) is 0 Å². The number of unbranched alkanes of at least 4 members (excludes halogenated alkanes) is 1. The van der Waals surface area contributed by atoms with Gasteiger partial charge in [0.15, 0.2) is 0 Å². The molecule has 0 saturated carbocycles. The van der Waals surface area contributed by atoms with E-state index < -0.39 is 17.4 Å². The van der Waals surface area contributed by atoms with E-state index in [9.17, 15) is 0 Å².